The van der Waals surface area contributed by atoms with Gasteiger partial charge in [0.1, 0.15) is 0 Å². The number of urea groups is 1. The van der Waals surface area contributed by atoms with Crippen molar-refractivity contribution in [2.75, 3.05) is 30.2 Å². The van der Waals surface area contributed by atoms with Crippen LogP contribution in [-0.2, 0) is 0 Å². The minimum atomic E-state index is -0.253. The van der Waals surface area contributed by atoms with Gasteiger partial charge >= 0.3 is 6.03 Å². The summed E-state index contributed by atoms with van der Waals surface area (Å²) in [6.07, 6.45) is 0. The summed E-state index contributed by atoms with van der Waals surface area (Å²) in [5, 5.41) is 2.74. The van der Waals surface area contributed by atoms with Gasteiger partial charge in [0.05, 0.1) is 0 Å². The molecule has 1 aromatic rings. The van der Waals surface area contributed by atoms with Gasteiger partial charge < -0.3 is 10.2 Å². The van der Waals surface area contributed by atoms with Crippen LogP contribution in [-0.4, -0.2) is 41.6 Å². The maximum atomic E-state index is 11.9. The van der Waals surface area contributed by atoms with E-state index in [1.54, 1.807) is 29.2 Å². The summed E-state index contributed by atoms with van der Waals surface area (Å²) in [5.74, 6) is 0.699. The molecule has 0 saturated heterocycles. The molecule has 19 heavy (non-hydrogen) atoms. The molecule has 0 fully saturated rings. The summed E-state index contributed by atoms with van der Waals surface area (Å²) in [6, 6.07) is 6.47. The van der Waals surface area contributed by atoms with Crippen LogP contribution in [0.15, 0.2) is 24.3 Å². The Hall–Kier alpha value is -1.26. The first-order valence-electron chi connectivity index (χ1n) is 5.87. The molecule has 1 aromatic carbocycles. The number of halogens is 2. The van der Waals surface area contributed by atoms with Crippen molar-refractivity contribution in [3.63, 3.8) is 0 Å². The molecule has 0 aliphatic carbocycles. The second kappa shape index (κ2) is 8.02. The van der Waals surface area contributed by atoms with Gasteiger partial charge in [-0.05, 0) is 31.2 Å². The number of ketones is 1. The number of carbonyl (C=O) groups is 2. The lowest BCUT2D eigenvalue weighted by atomic mass is 10.1. The Balaban J connectivity index is 2.66. The van der Waals surface area contributed by atoms with Crippen molar-refractivity contribution in [1.29, 1.82) is 0 Å². The van der Waals surface area contributed by atoms with Crippen LogP contribution < -0.4 is 5.32 Å². The molecule has 0 spiro atoms. The molecule has 1 rings (SSSR count). The standard InChI is InChI=1S/C13H16Cl2N2O2/c1-10(18)11-2-4-12(5-3-11)16-13(19)17(8-6-14)9-7-15/h2-5H,6-9H2,1H3,(H,16,19). The van der Waals surface area contributed by atoms with Crippen molar-refractivity contribution in [2.24, 2.45) is 0 Å². The summed E-state index contributed by atoms with van der Waals surface area (Å²) >= 11 is 11.3. The predicted molar refractivity (Wildman–Crippen MR) is 78.5 cm³/mol. The Kier molecular flexibility index (Phi) is 6.67. The molecular weight excluding hydrogens is 287 g/mol. The number of anilines is 1. The van der Waals surface area contributed by atoms with Crippen LogP contribution in [0.25, 0.3) is 0 Å². The van der Waals surface area contributed by atoms with E-state index in [-0.39, 0.29) is 11.8 Å². The van der Waals surface area contributed by atoms with Gasteiger partial charge in [-0.1, -0.05) is 0 Å². The molecule has 0 aliphatic rings. The highest BCUT2D eigenvalue weighted by Crippen LogP contribution is 2.11. The first-order chi connectivity index (χ1) is 9.08. The van der Waals surface area contributed by atoms with E-state index in [1.165, 1.54) is 6.92 Å². The van der Waals surface area contributed by atoms with Crippen LogP contribution in [0.2, 0.25) is 0 Å². The maximum absolute atomic E-state index is 11.9. The Morgan fingerprint density at radius 2 is 1.63 bits per heavy atom. The Morgan fingerprint density at radius 1 is 1.11 bits per heavy atom. The number of amides is 2. The summed E-state index contributed by atoms with van der Waals surface area (Å²) in [5.41, 5.74) is 1.24. The van der Waals surface area contributed by atoms with E-state index < -0.39 is 0 Å². The molecule has 1 N–H and O–H groups in total. The van der Waals surface area contributed by atoms with Crippen molar-refractivity contribution >= 4 is 40.7 Å². The Morgan fingerprint density at radius 3 is 2.05 bits per heavy atom. The monoisotopic (exact) mass is 302 g/mol. The highest BCUT2D eigenvalue weighted by molar-refractivity contribution is 6.18. The van der Waals surface area contributed by atoms with E-state index in [0.717, 1.165) is 0 Å². The summed E-state index contributed by atoms with van der Waals surface area (Å²) in [6.45, 7) is 2.37. The number of Topliss-reactive ketones (excluding diaryl/α,β-unsaturated/α-hetero) is 1. The number of alkyl halides is 2. The van der Waals surface area contributed by atoms with Crippen molar-refractivity contribution < 1.29 is 9.59 Å². The number of carbonyl (C=O) groups excluding carboxylic acids is 2. The Bertz CT molecular complexity index is 429. The topological polar surface area (TPSA) is 49.4 Å². The molecule has 0 atom stereocenters. The fraction of sp³-hybridized carbons (Fsp3) is 0.385. The molecule has 2 amide bonds. The Labute approximate surface area is 122 Å². The zero-order chi connectivity index (χ0) is 14.3. The van der Waals surface area contributed by atoms with Crippen LogP contribution in [0.1, 0.15) is 17.3 Å². The molecule has 0 radical (unpaired) electrons. The molecule has 0 aliphatic heterocycles. The van der Waals surface area contributed by atoms with Crippen molar-refractivity contribution in [3.8, 4) is 0 Å². The van der Waals surface area contributed by atoms with E-state index in [9.17, 15) is 9.59 Å². The molecule has 0 unspecified atom stereocenters. The highest BCUT2D eigenvalue weighted by atomic mass is 35.5. The van der Waals surface area contributed by atoms with Gasteiger partial charge in [-0.15, -0.1) is 23.2 Å². The average molecular weight is 303 g/mol. The fourth-order valence-corrected chi connectivity index (χ4v) is 1.92. The zero-order valence-electron chi connectivity index (χ0n) is 10.7. The normalized spacial score (nSPS) is 10.1. The minimum Gasteiger partial charge on any atom is -0.322 e. The van der Waals surface area contributed by atoms with E-state index in [1.807, 2.05) is 0 Å². The van der Waals surface area contributed by atoms with Crippen LogP contribution in [0, 0.1) is 0 Å². The lowest BCUT2D eigenvalue weighted by molar-refractivity contribution is 0.101. The second-order valence-corrected chi connectivity index (χ2v) is 4.68. The quantitative estimate of drug-likeness (QED) is 0.648. The third kappa shape index (κ3) is 5.09. The molecule has 6 heteroatoms. The van der Waals surface area contributed by atoms with E-state index >= 15 is 0 Å². The van der Waals surface area contributed by atoms with Crippen molar-refractivity contribution in [1.82, 2.24) is 4.90 Å². The smallest absolute Gasteiger partial charge is 0.321 e. The van der Waals surface area contributed by atoms with Crippen LogP contribution in [0.5, 0.6) is 0 Å². The van der Waals surface area contributed by atoms with Crippen molar-refractivity contribution in [3.05, 3.63) is 29.8 Å². The highest BCUT2D eigenvalue weighted by Gasteiger charge is 2.12. The van der Waals surface area contributed by atoms with Crippen LogP contribution >= 0.6 is 23.2 Å². The van der Waals surface area contributed by atoms with Gasteiger partial charge in [-0.3, -0.25) is 4.79 Å². The van der Waals surface area contributed by atoms with Gasteiger partial charge in [0.15, 0.2) is 5.78 Å². The molecular formula is C13H16Cl2N2O2. The van der Waals surface area contributed by atoms with E-state index in [2.05, 4.69) is 5.32 Å². The third-order valence-corrected chi connectivity index (χ3v) is 2.88. The van der Waals surface area contributed by atoms with Gasteiger partial charge in [0.25, 0.3) is 0 Å². The lowest BCUT2D eigenvalue weighted by Gasteiger charge is -2.21. The zero-order valence-corrected chi connectivity index (χ0v) is 12.2. The molecule has 0 saturated carbocycles. The summed E-state index contributed by atoms with van der Waals surface area (Å²) in [4.78, 5) is 24.6. The van der Waals surface area contributed by atoms with Gasteiger partial charge in [0, 0.05) is 36.1 Å². The first kappa shape index (κ1) is 15.8. The van der Waals surface area contributed by atoms with Gasteiger partial charge in [-0.25, -0.2) is 4.79 Å². The van der Waals surface area contributed by atoms with Gasteiger partial charge in [0.2, 0.25) is 0 Å². The second-order valence-electron chi connectivity index (χ2n) is 3.93. The minimum absolute atomic E-state index is 0.0104. The fourth-order valence-electron chi connectivity index (χ4n) is 1.51. The SMILES string of the molecule is CC(=O)c1ccc(NC(=O)N(CCCl)CCCl)cc1. The van der Waals surface area contributed by atoms with E-state index in [0.29, 0.717) is 36.1 Å². The average Bonchev–Trinajstić information content (AvgIpc) is 2.39. The van der Waals surface area contributed by atoms with E-state index in [4.69, 9.17) is 23.2 Å². The molecule has 0 aromatic heterocycles. The molecule has 4 nitrogen and oxygen atoms in total. The maximum Gasteiger partial charge on any atom is 0.321 e. The van der Waals surface area contributed by atoms with Gasteiger partial charge in [-0.2, -0.15) is 0 Å². The number of rotatable bonds is 6. The molecule has 0 heterocycles. The molecule has 104 valence electrons. The predicted octanol–water partition coefficient (Wildman–Crippen LogP) is 3.20. The number of benzene rings is 1. The number of nitrogens with one attached hydrogen (secondary N) is 1. The number of hydrogen-bond acceptors (Lipinski definition) is 2. The lowest BCUT2D eigenvalue weighted by Crippen LogP contribution is -2.37. The summed E-state index contributed by atoms with van der Waals surface area (Å²) < 4.78 is 0. The number of nitrogens with zero attached hydrogens (tertiary/aromatic N) is 1. The first-order valence-corrected chi connectivity index (χ1v) is 6.94. The largest absolute Gasteiger partial charge is 0.322 e. The summed E-state index contributed by atoms with van der Waals surface area (Å²) in [7, 11) is 0. The third-order valence-electron chi connectivity index (χ3n) is 2.54. The molecule has 0 bridgehead atoms. The van der Waals surface area contributed by atoms with Crippen LogP contribution in [0.4, 0.5) is 10.5 Å². The van der Waals surface area contributed by atoms with Crippen molar-refractivity contribution in [2.45, 2.75) is 6.92 Å². The number of hydrogen-bond donors (Lipinski definition) is 1. The van der Waals surface area contributed by atoms with Crippen LogP contribution in [0.3, 0.4) is 0 Å².